The van der Waals surface area contributed by atoms with Crippen LogP contribution in [0.25, 0.3) is 0 Å². The maximum Gasteiger partial charge on any atom is 0.416 e. The number of benzene rings is 2. The Bertz CT molecular complexity index is 547. The van der Waals surface area contributed by atoms with Gasteiger partial charge in [-0.1, -0.05) is 46.3 Å². The molecule has 2 aromatic rings. The molecular weight excluding hydrogens is 305 g/mol. The summed E-state index contributed by atoms with van der Waals surface area (Å²) in [6, 6.07) is 13.0. The normalized spacial score (nSPS) is 11.6. The molecule has 4 heteroatoms. The molecule has 0 spiro atoms. The van der Waals surface area contributed by atoms with Crippen molar-refractivity contribution in [2.45, 2.75) is 12.6 Å². The molecule has 0 bridgehead atoms. The van der Waals surface area contributed by atoms with E-state index in [1.165, 1.54) is 12.1 Å². The van der Waals surface area contributed by atoms with Crippen molar-refractivity contribution in [1.82, 2.24) is 0 Å². The topological polar surface area (TPSA) is 0 Å². The first kappa shape index (κ1) is 13.1. The lowest BCUT2D eigenvalue weighted by atomic mass is 10.0. The molecule has 0 unspecified atom stereocenters. The molecule has 0 amide bonds. The van der Waals surface area contributed by atoms with Gasteiger partial charge >= 0.3 is 6.18 Å². The van der Waals surface area contributed by atoms with Crippen molar-refractivity contribution in [2.24, 2.45) is 0 Å². The van der Waals surface area contributed by atoms with Crippen molar-refractivity contribution >= 4 is 15.9 Å². The van der Waals surface area contributed by atoms with Crippen LogP contribution in [0.1, 0.15) is 16.7 Å². The highest BCUT2D eigenvalue weighted by atomic mass is 79.9. The fraction of sp³-hybridized carbons (Fsp3) is 0.143. The Kier molecular flexibility index (Phi) is 3.76. The summed E-state index contributed by atoms with van der Waals surface area (Å²) in [6.45, 7) is 0. The molecule has 0 aliphatic carbocycles. The largest absolute Gasteiger partial charge is 0.416 e. The smallest absolute Gasteiger partial charge is 0.166 e. The molecule has 0 aromatic heterocycles. The molecule has 2 aromatic carbocycles. The molecule has 0 heterocycles. The predicted octanol–water partition coefficient (Wildman–Crippen LogP) is 5.06. The summed E-state index contributed by atoms with van der Waals surface area (Å²) in [5.41, 5.74) is 1.03. The summed E-state index contributed by atoms with van der Waals surface area (Å²) in [6.07, 6.45) is -3.79. The van der Waals surface area contributed by atoms with Gasteiger partial charge in [0.2, 0.25) is 0 Å². The zero-order valence-electron chi connectivity index (χ0n) is 9.34. The van der Waals surface area contributed by atoms with Gasteiger partial charge in [-0.25, -0.2) is 0 Å². The van der Waals surface area contributed by atoms with E-state index in [9.17, 15) is 13.2 Å². The summed E-state index contributed by atoms with van der Waals surface area (Å²) in [4.78, 5) is 0. The lowest BCUT2D eigenvalue weighted by Gasteiger charge is -2.09. The number of rotatable bonds is 2. The van der Waals surface area contributed by atoms with Gasteiger partial charge in [0.25, 0.3) is 0 Å². The monoisotopic (exact) mass is 314 g/mol. The SMILES string of the molecule is FC(F)(F)c1cccc(Cc2cccc(Br)c2)c1. The van der Waals surface area contributed by atoms with Gasteiger partial charge in [-0.2, -0.15) is 13.2 Å². The Hall–Kier alpha value is -1.29. The first-order valence-corrected chi connectivity index (χ1v) is 6.15. The molecule has 0 saturated heterocycles. The molecule has 0 saturated carbocycles. The van der Waals surface area contributed by atoms with Crippen LogP contribution in [0, 0.1) is 0 Å². The van der Waals surface area contributed by atoms with Gasteiger partial charge in [-0.15, -0.1) is 0 Å². The first-order chi connectivity index (χ1) is 8.45. The molecule has 0 nitrogen and oxygen atoms in total. The minimum atomic E-state index is -4.28. The van der Waals surface area contributed by atoms with Crippen LogP contribution in [0.4, 0.5) is 13.2 Å². The summed E-state index contributed by atoms with van der Waals surface area (Å²) in [5.74, 6) is 0. The summed E-state index contributed by atoms with van der Waals surface area (Å²) in [7, 11) is 0. The second-order valence-corrected chi connectivity index (χ2v) is 4.92. The molecule has 0 atom stereocenters. The molecule has 0 fully saturated rings. The van der Waals surface area contributed by atoms with Gasteiger partial charge in [0.05, 0.1) is 5.56 Å². The van der Waals surface area contributed by atoms with Crippen LogP contribution in [-0.4, -0.2) is 0 Å². The summed E-state index contributed by atoms with van der Waals surface area (Å²) < 4.78 is 38.6. The molecule has 0 N–H and O–H groups in total. The predicted molar refractivity (Wildman–Crippen MR) is 68.4 cm³/mol. The van der Waals surface area contributed by atoms with E-state index in [1.54, 1.807) is 6.07 Å². The average Bonchev–Trinajstić information content (AvgIpc) is 2.28. The van der Waals surface area contributed by atoms with E-state index in [0.717, 1.165) is 16.1 Å². The Labute approximate surface area is 112 Å². The van der Waals surface area contributed by atoms with Gasteiger partial charge in [0.15, 0.2) is 0 Å². The average molecular weight is 315 g/mol. The number of hydrogen-bond acceptors (Lipinski definition) is 0. The highest BCUT2D eigenvalue weighted by Gasteiger charge is 2.30. The summed E-state index contributed by atoms with van der Waals surface area (Å²) >= 11 is 3.34. The van der Waals surface area contributed by atoms with E-state index in [4.69, 9.17) is 0 Å². The van der Waals surface area contributed by atoms with Gasteiger partial charge < -0.3 is 0 Å². The Morgan fingerprint density at radius 3 is 2.11 bits per heavy atom. The minimum Gasteiger partial charge on any atom is -0.166 e. The van der Waals surface area contributed by atoms with Crippen LogP contribution < -0.4 is 0 Å². The Morgan fingerprint density at radius 1 is 0.889 bits per heavy atom. The van der Waals surface area contributed by atoms with Gasteiger partial charge in [-0.3, -0.25) is 0 Å². The quantitative estimate of drug-likeness (QED) is 0.727. The van der Waals surface area contributed by atoms with Gasteiger partial charge in [0, 0.05) is 4.47 Å². The molecule has 0 radical (unpaired) electrons. The second-order valence-electron chi connectivity index (χ2n) is 4.00. The molecule has 0 aliphatic heterocycles. The molecule has 2 rings (SSSR count). The van der Waals surface area contributed by atoms with Crippen LogP contribution in [0.15, 0.2) is 53.0 Å². The molecule has 94 valence electrons. The Balaban J connectivity index is 2.25. The van der Waals surface area contributed by atoms with Crippen LogP contribution >= 0.6 is 15.9 Å². The standard InChI is InChI=1S/C14H10BrF3/c15-13-6-2-4-11(9-13)7-10-3-1-5-12(8-10)14(16,17)18/h1-6,8-9H,7H2. The zero-order valence-corrected chi connectivity index (χ0v) is 10.9. The third kappa shape index (κ3) is 3.35. The zero-order chi connectivity index (χ0) is 13.2. The number of halogens is 4. The maximum atomic E-state index is 12.6. The van der Waals surface area contributed by atoms with Gasteiger partial charge in [-0.05, 0) is 35.7 Å². The lowest BCUT2D eigenvalue weighted by molar-refractivity contribution is -0.137. The van der Waals surface area contributed by atoms with Crippen molar-refractivity contribution in [3.05, 3.63) is 69.7 Å². The lowest BCUT2D eigenvalue weighted by Crippen LogP contribution is -2.05. The second kappa shape index (κ2) is 5.14. The highest BCUT2D eigenvalue weighted by molar-refractivity contribution is 9.10. The third-order valence-corrected chi connectivity index (χ3v) is 3.04. The van der Waals surface area contributed by atoms with E-state index in [-0.39, 0.29) is 0 Å². The molecular formula is C14H10BrF3. The van der Waals surface area contributed by atoms with E-state index in [0.29, 0.717) is 12.0 Å². The highest BCUT2D eigenvalue weighted by Crippen LogP contribution is 2.30. The van der Waals surface area contributed by atoms with E-state index in [2.05, 4.69) is 15.9 Å². The van der Waals surface area contributed by atoms with Crippen molar-refractivity contribution in [3.63, 3.8) is 0 Å². The maximum absolute atomic E-state index is 12.6. The molecule has 0 aliphatic rings. The summed E-state index contributed by atoms with van der Waals surface area (Å²) in [5, 5.41) is 0. The van der Waals surface area contributed by atoms with Crippen molar-refractivity contribution in [2.75, 3.05) is 0 Å². The van der Waals surface area contributed by atoms with Crippen LogP contribution in [0.3, 0.4) is 0 Å². The van der Waals surface area contributed by atoms with Crippen LogP contribution in [0.5, 0.6) is 0 Å². The van der Waals surface area contributed by atoms with E-state index < -0.39 is 11.7 Å². The van der Waals surface area contributed by atoms with Crippen LogP contribution in [0.2, 0.25) is 0 Å². The molecule has 18 heavy (non-hydrogen) atoms. The van der Waals surface area contributed by atoms with Gasteiger partial charge in [0.1, 0.15) is 0 Å². The number of hydrogen-bond donors (Lipinski definition) is 0. The fourth-order valence-corrected chi connectivity index (χ4v) is 2.19. The van der Waals surface area contributed by atoms with E-state index in [1.807, 2.05) is 24.3 Å². The third-order valence-electron chi connectivity index (χ3n) is 2.55. The Morgan fingerprint density at radius 2 is 1.50 bits per heavy atom. The first-order valence-electron chi connectivity index (χ1n) is 5.36. The van der Waals surface area contributed by atoms with Crippen LogP contribution in [-0.2, 0) is 12.6 Å². The fourth-order valence-electron chi connectivity index (χ4n) is 1.74. The minimum absolute atomic E-state index is 0.489. The van der Waals surface area contributed by atoms with Crippen molar-refractivity contribution in [1.29, 1.82) is 0 Å². The van der Waals surface area contributed by atoms with E-state index >= 15 is 0 Å². The van der Waals surface area contributed by atoms with Crippen molar-refractivity contribution in [3.8, 4) is 0 Å². The number of alkyl halides is 3. The van der Waals surface area contributed by atoms with Crippen molar-refractivity contribution < 1.29 is 13.2 Å².